The number of aromatic nitrogens is 3. The summed E-state index contributed by atoms with van der Waals surface area (Å²) in [5.74, 6) is 0. The van der Waals surface area contributed by atoms with Crippen molar-refractivity contribution in [2.24, 2.45) is 0 Å². The number of thiazole rings is 1. The molecule has 0 atom stereocenters. The van der Waals surface area contributed by atoms with E-state index in [1.807, 2.05) is 23.9 Å². The molecule has 138 valence electrons. The molecule has 0 amide bonds. The van der Waals surface area contributed by atoms with Crippen LogP contribution in [0.25, 0.3) is 10.6 Å². The number of ether oxygens (including phenoxy) is 1. The molecule has 1 N–H and O–H groups in total. The topological polar surface area (TPSA) is 68.4 Å². The Labute approximate surface area is 156 Å². The second kappa shape index (κ2) is 8.03. The summed E-state index contributed by atoms with van der Waals surface area (Å²) in [6, 6.07) is 4.02. The Hall–Kier alpha value is -2.16. The first-order valence-electron chi connectivity index (χ1n) is 8.84. The van der Waals surface area contributed by atoms with E-state index in [0.717, 1.165) is 66.4 Å². The van der Waals surface area contributed by atoms with Gasteiger partial charge in [-0.25, -0.2) is 4.98 Å². The van der Waals surface area contributed by atoms with Gasteiger partial charge in [-0.1, -0.05) is 11.3 Å². The number of nitrogens with zero attached hydrogens (tertiary/aromatic N) is 4. The van der Waals surface area contributed by atoms with Gasteiger partial charge in [0.15, 0.2) is 5.13 Å². The fourth-order valence-corrected chi connectivity index (χ4v) is 3.88. The first-order chi connectivity index (χ1) is 12.8. The molecule has 7 nitrogen and oxygen atoms in total. The SMILES string of the molecule is Cc1nc(NCc2ccoc2)sc1-c1ccn(CCN2CCOCC2)n1. The number of rotatable bonds is 7. The van der Waals surface area contributed by atoms with E-state index in [4.69, 9.17) is 14.3 Å². The van der Waals surface area contributed by atoms with Gasteiger partial charge in [-0.2, -0.15) is 5.10 Å². The summed E-state index contributed by atoms with van der Waals surface area (Å²) in [4.78, 5) is 8.15. The molecule has 1 fully saturated rings. The normalized spacial score (nSPS) is 15.4. The zero-order chi connectivity index (χ0) is 17.8. The van der Waals surface area contributed by atoms with Gasteiger partial charge >= 0.3 is 0 Å². The Balaban J connectivity index is 1.37. The van der Waals surface area contributed by atoms with Crippen molar-refractivity contribution in [3.05, 3.63) is 42.1 Å². The molecule has 8 heteroatoms. The van der Waals surface area contributed by atoms with Crippen molar-refractivity contribution in [2.45, 2.75) is 20.0 Å². The fourth-order valence-electron chi connectivity index (χ4n) is 2.96. The van der Waals surface area contributed by atoms with Crippen LogP contribution in [0.1, 0.15) is 11.3 Å². The maximum atomic E-state index is 5.39. The number of furan rings is 1. The van der Waals surface area contributed by atoms with E-state index in [-0.39, 0.29) is 0 Å². The lowest BCUT2D eigenvalue weighted by Crippen LogP contribution is -2.38. The number of anilines is 1. The van der Waals surface area contributed by atoms with Gasteiger partial charge in [0.1, 0.15) is 5.69 Å². The van der Waals surface area contributed by atoms with E-state index in [2.05, 4.69) is 21.3 Å². The smallest absolute Gasteiger partial charge is 0.183 e. The molecule has 26 heavy (non-hydrogen) atoms. The van der Waals surface area contributed by atoms with E-state index in [1.54, 1.807) is 23.9 Å². The van der Waals surface area contributed by atoms with Crippen LogP contribution < -0.4 is 5.32 Å². The number of hydrogen-bond acceptors (Lipinski definition) is 7. The number of morpholine rings is 1. The highest BCUT2D eigenvalue weighted by Crippen LogP contribution is 2.31. The van der Waals surface area contributed by atoms with Crippen LogP contribution in [0.4, 0.5) is 5.13 Å². The lowest BCUT2D eigenvalue weighted by atomic mass is 10.3. The Morgan fingerprint density at radius 1 is 1.23 bits per heavy atom. The van der Waals surface area contributed by atoms with E-state index in [1.165, 1.54) is 0 Å². The second-order valence-electron chi connectivity index (χ2n) is 6.34. The third-order valence-corrected chi connectivity index (χ3v) is 5.58. The molecule has 1 aliphatic rings. The monoisotopic (exact) mass is 373 g/mol. The van der Waals surface area contributed by atoms with Crippen LogP contribution in [0.2, 0.25) is 0 Å². The van der Waals surface area contributed by atoms with Crippen molar-refractivity contribution in [1.82, 2.24) is 19.7 Å². The summed E-state index contributed by atoms with van der Waals surface area (Å²) in [6.07, 6.45) is 5.47. The molecular weight excluding hydrogens is 350 g/mol. The predicted molar refractivity (Wildman–Crippen MR) is 101 cm³/mol. The van der Waals surface area contributed by atoms with Crippen LogP contribution in [0.5, 0.6) is 0 Å². The average molecular weight is 373 g/mol. The van der Waals surface area contributed by atoms with Crippen LogP contribution in [0.3, 0.4) is 0 Å². The van der Waals surface area contributed by atoms with E-state index in [9.17, 15) is 0 Å². The maximum Gasteiger partial charge on any atom is 0.183 e. The molecule has 3 aromatic rings. The molecule has 0 saturated carbocycles. The van der Waals surface area contributed by atoms with Crippen molar-refractivity contribution in [1.29, 1.82) is 0 Å². The molecule has 3 aromatic heterocycles. The van der Waals surface area contributed by atoms with Gasteiger partial charge in [-0.05, 0) is 19.1 Å². The summed E-state index contributed by atoms with van der Waals surface area (Å²) >= 11 is 1.64. The van der Waals surface area contributed by atoms with E-state index < -0.39 is 0 Å². The predicted octanol–water partition coefficient (Wildman–Crippen LogP) is 2.85. The van der Waals surface area contributed by atoms with Gasteiger partial charge < -0.3 is 14.5 Å². The second-order valence-corrected chi connectivity index (χ2v) is 7.34. The first-order valence-corrected chi connectivity index (χ1v) is 9.66. The quantitative estimate of drug-likeness (QED) is 0.687. The van der Waals surface area contributed by atoms with Crippen LogP contribution >= 0.6 is 11.3 Å². The zero-order valence-corrected chi connectivity index (χ0v) is 15.7. The van der Waals surface area contributed by atoms with E-state index in [0.29, 0.717) is 6.54 Å². The fraction of sp³-hybridized carbons (Fsp3) is 0.444. The summed E-state index contributed by atoms with van der Waals surface area (Å²) in [5, 5.41) is 8.99. The Kier molecular flexibility index (Phi) is 5.33. The molecule has 0 aromatic carbocycles. The lowest BCUT2D eigenvalue weighted by molar-refractivity contribution is 0.0360. The van der Waals surface area contributed by atoms with Crippen LogP contribution in [0, 0.1) is 6.92 Å². The summed E-state index contributed by atoms with van der Waals surface area (Å²) in [5.41, 5.74) is 3.09. The number of aryl methyl sites for hydroxylation is 1. The minimum atomic E-state index is 0.705. The third-order valence-electron chi connectivity index (χ3n) is 4.44. The lowest BCUT2D eigenvalue weighted by Gasteiger charge is -2.26. The first kappa shape index (κ1) is 17.3. The summed E-state index contributed by atoms with van der Waals surface area (Å²) in [6.45, 7) is 8.31. The van der Waals surface area contributed by atoms with Gasteiger partial charge in [0.25, 0.3) is 0 Å². The van der Waals surface area contributed by atoms with Crippen molar-refractivity contribution < 1.29 is 9.15 Å². The minimum Gasteiger partial charge on any atom is -0.472 e. The van der Waals surface area contributed by atoms with Gasteiger partial charge in [-0.15, -0.1) is 0 Å². The van der Waals surface area contributed by atoms with Crippen molar-refractivity contribution in [3.63, 3.8) is 0 Å². The third kappa shape index (κ3) is 4.14. The molecule has 0 spiro atoms. The highest BCUT2D eigenvalue weighted by molar-refractivity contribution is 7.19. The van der Waals surface area contributed by atoms with Gasteiger partial charge in [-0.3, -0.25) is 9.58 Å². The molecule has 1 saturated heterocycles. The van der Waals surface area contributed by atoms with Crippen LogP contribution in [-0.4, -0.2) is 52.5 Å². The van der Waals surface area contributed by atoms with E-state index >= 15 is 0 Å². The zero-order valence-electron chi connectivity index (χ0n) is 14.9. The Bertz CT molecular complexity index is 821. The number of hydrogen-bond donors (Lipinski definition) is 1. The van der Waals surface area contributed by atoms with Crippen molar-refractivity contribution in [3.8, 4) is 10.6 Å². The highest BCUT2D eigenvalue weighted by Gasteiger charge is 2.14. The minimum absolute atomic E-state index is 0.705. The highest BCUT2D eigenvalue weighted by atomic mass is 32.1. The van der Waals surface area contributed by atoms with Gasteiger partial charge in [0.05, 0.1) is 42.9 Å². The molecular formula is C18H23N5O2S. The standard InChI is InChI=1S/C18H23N5O2S/c1-14-17(26-18(20-14)19-12-15-3-9-25-13-15)16-2-4-23(21-16)6-5-22-7-10-24-11-8-22/h2-4,9,13H,5-8,10-12H2,1H3,(H,19,20). The van der Waals surface area contributed by atoms with Gasteiger partial charge in [0, 0.05) is 37.9 Å². The molecule has 1 aliphatic heterocycles. The molecule has 0 aliphatic carbocycles. The molecule has 0 bridgehead atoms. The maximum absolute atomic E-state index is 5.39. The average Bonchev–Trinajstić information content (AvgIpc) is 3.40. The molecule has 0 radical (unpaired) electrons. The summed E-state index contributed by atoms with van der Waals surface area (Å²) in [7, 11) is 0. The van der Waals surface area contributed by atoms with Crippen LogP contribution in [-0.2, 0) is 17.8 Å². The molecule has 4 heterocycles. The number of nitrogens with one attached hydrogen (secondary N) is 1. The van der Waals surface area contributed by atoms with Crippen molar-refractivity contribution >= 4 is 16.5 Å². The molecule has 4 rings (SSSR count). The van der Waals surface area contributed by atoms with Crippen LogP contribution in [0.15, 0.2) is 35.3 Å². The summed E-state index contributed by atoms with van der Waals surface area (Å²) < 4.78 is 12.5. The Morgan fingerprint density at radius 2 is 2.12 bits per heavy atom. The Morgan fingerprint density at radius 3 is 2.92 bits per heavy atom. The van der Waals surface area contributed by atoms with Crippen molar-refractivity contribution in [2.75, 3.05) is 38.2 Å². The largest absolute Gasteiger partial charge is 0.472 e. The van der Waals surface area contributed by atoms with Gasteiger partial charge in [0.2, 0.25) is 0 Å². The molecule has 0 unspecified atom stereocenters.